The van der Waals surface area contributed by atoms with Gasteiger partial charge in [0.05, 0.1) is 11.3 Å². The topological polar surface area (TPSA) is 49.6 Å². The molecule has 0 aromatic heterocycles. The number of amides is 1. The number of halogens is 2. The second-order valence-corrected chi connectivity index (χ2v) is 6.66. The molecule has 21 heavy (non-hydrogen) atoms. The number of carbonyl (C=O) groups is 1. The van der Waals surface area contributed by atoms with Crippen molar-refractivity contribution in [3.63, 3.8) is 0 Å². The Morgan fingerprint density at radius 1 is 1.33 bits per heavy atom. The Balaban J connectivity index is 3.01. The molecule has 0 unspecified atom stereocenters. The van der Waals surface area contributed by atoms with Crippen LogP contribution in [0.15, 0.2) is 16.6 Å². The van der Waals surface area contributed by atoms with Crippen LogP contribution in [0.4, 0.5) is 10.1 Å². The highest BCUT2D eigenvalue weighted by Crippen LogP contribution is 2.24. The van der Waals surface area contributed by atoms with Crippen molar-refractivity contribution in [3.05, 3.63) is 28.0 Å². The van der Waals surface area contributed by atoms with Gasteiger partial charge in [-0.15, -0.1) is 0 Å². The average molecular weight is 360 g/mol. The minimum atomic E-state index is -0.526. The third-order valence-corrected chi connectivity index (χ3v) is 3.66. The summed E-state index contributed by atoms with van der Waals surface area (Å²) >= 11 is 3.24. The summed E-state index contributed by atoms with van der Waals surface area (Å²) in [5.74, 6) is -0.307. The summed E-state index contributed by atoms with van der Waals surface area (Å²) < 4.78 is 13.8. The maximum Gasteiger partial charge on any atom is 0.255 e. The molecule has 1 amide bonds. The molecule has 2 N–H and O–H groups in total. The van der Waals surface area contributed by atoms with E-state index in [-0.39, 0.29) is 11.6 Å². The largest absolute Gasteiger partial charge is 0.396 e. The first-order valence-corrected chi connectivity index (χ1v) is 7.70. The summed E-state index contributed by atoms with van der Waals surface area (Å²) in [6.07, 6.45) is 0. The third-order valence-electron chi connectivity index (χ3n) is 3.01. The lowest BCUT2D eigenvalue weighted by molar-refractivity contribution is 0.0724. The number of nitrogen functional groups attached to an aromatic ring is 1. The Labute approximate surface area is 134 Å². The van der Waals surface area contributed by atoms with Crippen LogP contribution in [0, 0.1) is 11.7 Å². The molecule has 0 spiro atoms. The highest BCUT2D eigenvalue weighted by molar-refractivity contribution is 9.10. The number of hydrogen-bond donors (Lipinski definition) is 1. The first kappa shape index (κ1) is 17.9. The van der Waals surface area contributed by atoms with Gasteiger partial charge in [0.2, 0.25) is 0 Å². The molecule has 0 fully saturated rings. The van der Waals surface area contributed by atoms with Gasteiger partial charge in [0.15, 0.2) is 0 Å². The molecule has 1 aromatic rings. The van der Waals surface area contributed by atoms with Crippen LogP contribution >= 0.6 is 15.9 Å². The van der Waals surface area contributed by atoms with Crippen molar-refractivity contribution in [2.75, 3.05) is 39.5 Å². The molecule has 0 radical (unpaired) electrons. The second kappa shape index (κ2) is 7.75. The molecule has 0 saturated heterocycles. The Kier molecular flexibility index (Phi) is 6.61. The molecule has 118 valence electrons. The van der Waals surface area contributed by atoms with Crippen molar-refractivity contribution in [1.29, 1.82) is 0 Å². The minimum absolute atomic E-state index is 0.0151. The van der Waals surface area contributed by atoms with Crippen molar-refractivity contribution in [2.45, 2.75) is 13.8 Å². The summed E-state index contributed by atoms with van der Waals surface area (Å²) in [6, 6.07) is 2.63. The van der Waals surface area contributed by atoms with Gasteiger partial charge in [-0.1, -0.05) is 13.8 Å². The zero-order valence-corrected chi connectivity index (χ0v) is 14.6. The van der Waals surface area contributed by atoms with E-state index in [1.165, 1.54) is 12.1 Å². The molecular weight excluding hydrogens is 337 g/mol. The van der Waals surface area contributed by atoms with Crippen molar-refractivity contribution in [3.8, 4) is 0 Å². The number of nitrogens with zero attached hydrogens (tertiary/aromatic N) is 2. The van der Waals surface area contributed by atoms with E-state index in [2.05, 4.69) is 29.8 Å². The summed E-state index contributed by atoms with van der Waals surface area (Å²) in [6.45, 7) is 6.16. The Bertz CT molecular complexity index is 506. The molecule has 0 bridgehead atoms. The molecule has 0 saturated carbocycles. The zero-order valence-electron chi connectivity index (χ0n) is 13.0. The fraction of sp³-hybridized carbons (Fsp3) is 0.533. The maximum absolute atomic E-state index is 13.4. The summed E-state index contributed by atoms with van der Waals surface area (Å²) in [4.78, 5) is 16.5. The Hall–Kier alpha value is -1.14. The third kappa shape index (κ3) is 5.28. The van der Waals surface area contributed by atoms with Crippen LogP contribution in [-0.4, -0.2) is 49.4 Å². The number of likely N-dealkylation sites (N-methyl/N-ethyl adjacent to an activating group) is 1. The van der Waals surface area contributed by atoms with Crippen molar-refractivity contribution < 1.29 is 9.18 Å². The van der Waals surface area contributed by atoms with Gasteiger partial charge >= 0.3 is 0 Å². The standard InChI is InChI=1S/C15H23BrFN3O/c1-10(2)9-20(6-5-19(3)4)15(21)11-7-14(18)13(17)8-12(11)16/h7-8,10H,5-6,9,18H2,1-4H3. The fourth-order valence-electron chi connectivity index (χ4n) is 1.94. The van der Waals surface area contributed by atoms with Gasteiger partial charge in [-0.2, -0.15) is 0 Å². The molecule has 0 atom stereocenters. The van der Waals surface area contributed by atoms with Crippen LogP contribution in [0.25, 0.3) is 0 Å². The first-order chi connectivity index (χ1) is 9.72. The van der Waals surface area contributed by atoms with Gasteiger partial charge in [-0.05, 0) is 48.1 Å². The van der Waals surface area contributed by atoms with E-state index in [1.807, 2.05) is 19.0 Å². The summed E-state index contributed by atoms with van der Waals surface area (Å²) in [7, 11) is 3.92. The number of carbonyl (C=O) groups excluding carboxylic acids is 1. The molecule has 1 rings (SSSR count). The highest BCUT2D eigenvalue weighted by Gasteiger charge is 2.20. The number of anilines is 1. The van der Waals surface area contributed by atoms with Crippen LogP contribution in [0.2, 0.25) is 0 Å². The van der Waals surface area contributed by atoms with Crippen LogP contribution in [-0.2, 0) is 0 Å². The van der Waals surface area contributed by atoms with E-state index in [1.54, 1.807) is 4.90 Å². The lowest BCUT2D eigenvalue weighted by Gasteiger charge is -2.26. The summed E-state index contributed by atoms with van der Waals surface area (Å²) in [5, 5.41) is 0. The average Bonchev–Trinajstić information content (AvgIpc) is 2.37. The normalized spacial score (nSPS) is 11.2. The van der Waals surface area contributed by atoms with E-state index >= 15 is 0 Å². The van der Waals surface area contributed by atoms with Gasteiger partial charge in [0.1, 0.15) is 5.82 Å². The number of nitrogens with two attached hydrogens (primary N) is 1. The van der Waals surface area contributed by atoms with Crippen molar-refractivity contribution >= 4 is 27.5 Å². The van der Waals surface area contributed by atoms with Gasteiger partial charge in [-0.3, -0.25) is 4.79 Å². The van der Waals surface area contributed by atoms with E-state index in [0.717, 1.165) is 6.54 Å². The van der Waals surface area contributed by atoms with E-state index in [4.69, 9.17) is 5.73 Å². The van der Waals surface area contributed by atoms with Crippen LogP contribution in [0.3, 0.4) is 0 Å². The first-order valence-electron chi connectivity index (χ1n) is 6.91. The maximum atomic E-state index is 13.4. The van der Waals surface area contributed by atoms with Gasteiger partial charge in [0.25, 0.3) is 5.91 Å². The quantitative estimate of drug-likeness (QED) is 0.794. The second-order valence-electron chi connectivity index (χ2n) is 5.80. The summed E-state index contributed by atoms with van der Waals surface area (Å²) in [5.41, 5.74) is 5.96. The van der Waals surface area contributed by atoms with Gasteiger partial charge in [-0.25, -0.2) is 4.39 Å². The number of rotatable bonds is 6. The number of hydrogen-bond acceptors (Lipinski definition) is 3. The van der Waals surface area contributed by atoms with Crippen LogP contribution in [0.1, 0.15) is 24.2 Å². The van der Waals surface area contributed by atoms with Gasteiger partial charge in [0, 0.05) is 24.1 Å². The predicted octanol–water partition coefficient (Wildman–Crippen LogP) is 2.83. The molecule has 0 aliphatic carbocycles. The molecule has 0 aliphatic rings. The zero-order chi connectivity index (χ0) is 16.2. The van der Waals surface area contributed by atoms with Crippen molar-refractivity contribution in [1.82, 2.24) is 9.80 Å². The van der Waals surface area contributed by atoms with E-state index in [0.29, 0.717) is 29.0 Å². The van der Waals surface area contributed by atoms with Crippen molar-refractivity contribution in [2.24, 2.45) is 5.92 Å². The van der Waals surface area contributed by atoms with Crippen LogP contribution in [0.5, 0.6) is 0 Å². The minimum Gasteiger partial charge on any atom is -0.396 e. The lowest BCUT2D eigenvalue weighted by Crippen LogP contribution is -2.39. The molecule has 0 heterocycles. The van der Waals surface area contributed by atoms with Gasteiger partial charge < -0.3 is 15.5 Å². The molecule has 6 heteroatoms. The smallest absolute Gasteiger partial charge is 0.255 e. The predicted molar refractivity (Wildman–Crippen MR) is 87.8 cm³/mol. The lowest BCUT2D eigenvalue weighted by atomic mass is 10.1. The molecule has 0 aliphatic heterocycles. The SMILES string of the molecule is CC(C)CN(CCN(C)C)C(=O)c1cc(N)c(F)cc1Br. The molecule has 4 nitrogen and oxygen atoms in total. The van der Waals surface area contributed by atoms with E-state index in [9.17, 15) is 9.18 Å². The van der Waals surface area contributed by atoms with Crippen LogP contribution < -0.4 is 5.73 Å². The molecular formula is C15H23BrFN3O. The monoisotopic (exact) mass is 359 g/mol. The van der Waals surface area contributed by atoms with E-state index < -0.39 is 5.82 Å². The highest BCUT2D eigenvalue weighted by atomic mass is 79.9. The fourth-order valence-corrected chi connectivity index (χ4v) is 2.42. The Morgan fingerprint density at radius 2 is 1.95 bits per heavy atom. The molecule has 1 aromatic carbocycles. The number of benzene rings is 1. The Morgan fingerprint density at radius 3 is 2.48 bits per heavy atom.